The van der Waals surface area contributed by atoms with Gasteiger partial charge in [0.1, 0.15) is 0 Å². The van der Waals surface area contributed by atoms with Crippen molar-refractivity contribution in [1.82, 2.24) is 9.97 Å². The maximum absolute atomic E-state index is 4.13. The summed E-state index contributed by atoms with van der Waals surface area (Å²) in [6.45, 7) is 4.96. The first-order valence-electron chi connectivity index (χ1n) is 24.6. The molecule has 8 heteroatoms. The van der Waals surface area contributed by atoms with E-state index in [0.29, 0.717) is 0 Å². The maximum Gasteiger partial charge on any atom is 0.173 e. The van der Waals surface area contributed by atoms with Gasteiger partial charge >= 0.3 is 0 Å². The first kappa shape index (κ1) is 45.3. The molecule has 8 nitrogen and oxygen atoms in total. The van der Waals surface area contributed by atoms with Crippen LogP contribution in [0.1, 0.15) is 33.4 Å². The van der Waals surface area contributed by atoms with Gasteiger partial charge in [0.25, 0.3) is 0 Å². The van der Waals surface area contributed by atoms with Crippen LogP contribution in [-0.4, -0.2) is 9.97 Å². The molecule has 11 rings (SSSR count). The van der Waals surface area contributed by atoms with E-state index in [2.05, 4.69) is 257 Å². The van der Waals surface area contributed by atoms with Gasteiger partial charge in [-0.05, 0) is 68.8 Å². The van der Waals surface area contributed by atoms with Crippen LogP contribution in [0.2, 0.25) is 0 Å². The van der Waals surface area contributed by atoms with E-state index < -0.39 is 0 Å². The number of nitrogens with zero attached hydrogens (tertiary/aromatic N) is 8. The zero-order valence-electron chi connectivity index (χ0n) is 40.2. The van der Waals surface area contributed by atoms with Crippen LogP contribution in [0.15, 0.2) is 269 Å². The minimum absolute atomic E-state index is 0.820. The Morgan fingerprint density at radius 1 is 0.181 bits per heavy atom. The molecule has 0 spiro atoms. The smallest absolute Gasteiger partial charge is 0.173 e. The third-order valence-electron chi connectivity index (χ3n) is 13.3. The van der Waals surface area contributed by atoms with Crippen LogP contribution in [0.5, 0.6) is 0 Å². The summed E-state index contributed by atoms with van der Waals surface area (Å²) in [5.74, 6) is 0. The zero-order valence-corrected chi connectivity index (χ0v) is 40.2. The summed E-state index contributed by atoms with van der Waals surface area (Å²) in [6.07, 6.45) is 33.3. The van der Waals surface area contributed by atoms with Crippen molar-refractivity contribution >= 4 is 0 Å². The fourth-order valence-corrected chi connectivity index (χ4v) is 9.13. The number of hydrogen-bond acceptors (Lipinski definition) is 2. The molecule has 8 aromatic heterocycles. The first-order valence-corrected chi connectivity index (χ1v) is 24.6. The molecule has 0 unspecified atom stereocenters. The minimum atomic E-state index is 0.820. The fraction of sp³-hybridized carbons (Fsp3) is 0.0938. The lowest BCUT2D eigenvalue weighted by Gasteiger charge is -2.04. The Labute approximate surface area is 421 Å². The average Bonchev–Trinajstić information content (AvgIpc) is 3.44. The van der Waals surface area contributed by atoms with Crippen LogP contribution < -0.4 is 27.4 Å². The standard InChI is InChI=1S/C64H56N8/c1-5-53(6-2-51(1)45-67-33-17-59(18-34-67)57-13-29-65-30-14-57)47-69-37-21-61(22-38-69)63-25-41-71(42-26-63)49-55-9-11-56(12-10-55)50-72-43-27-64(28-44-72)62-23-39-70(40-24-62)48-54-7-3-52(4-8-54)46-68-35-19-60(20-36-68)58-15-31-66-32-16-58/h1-44H,45-50H2/q+6. The highest BCUT2D eigenvalue weighted by Gasteiger charge is 2.13. The fourth-order valence-electron chi connectivity index (χ4n) is 9.13. The van der Waals surface area contributed by atoms with Gasteiger partial charge in [-0.1, -0.05) is 72.8 Å². The van der Waals surface area contributed by atoms with Crippen LogP contribution in [0.4, 0.5) is 0 Å². The highest BCUT2D eigenvalue weighted by molar-refractivity contribution is 5.63. The summed E-state index contributed by atoms with van der Waals surface area (Å²) in [6, 6.07) is 61.3. The molecule has 0 aliphatic heterocycles. The SMILES string of the molecule is c1cc(-c2cc[n+](Cc3ccc(C[n+]4ccc(-c5cc[n+](Cc6ccc(C[n+]7ccc(-c8cc[n+](Cc9ccc(C[n+]%10ccc(-c%11ccncc%11)cc%10)cc9)cc8)cc7)cc6)cc5)cc4)cc3)cc2)ccn1. The molecule has 0 aliphatic carbocycles. The molecule has 0 bridgehead atoms. The second-order valence-corrected chi connectivity index (χ2v) is 18.5. The molecule has 0 saturated carbocycles. The molecule has 3 aromatic carbocycles. The summed E-state index contributed by atoms with van der Waals surface area (Å²) in [5, 5.41) is 0. The monoisotopic (exact) mass is 936 g/mol. The van der Waals surface area contributed by atoms with Crippen LogP contribution in [-0.2, 0) is 39.3 Å². The highest BCUT2D eigenvalue weighted by Crippen LogP contribution is 2.20. The summed E-state index contributed by atoms with van der Waals surface area (Å²) in [7, 11) is 0. The Balaban J connectivity index is 0.620. The van der Waals surface area contributed by atoms with Crippen molar-refractivity contribution in [1.29, 1.82) is 0 Å². The predicted octanol–water partition coefficient (Wildman–Crippen LogP) is 9.16. The summed E-state index contributed by atoms with van der Waals surface area (Å²) < 4.78 is 13.4. The Morgan fingerprint density at radius 3 is 0.472 bits per heavy atom. The van der Waals surface area contributed by atoms with Crippen LogP contribution in [0.3, 0.4) is 0 Å². The van der Waals surface area contributed by atoms with E-state index >= 15 is 0 Å². The van der Waals surface area contributed by atoms with Gasteiger partial charge in [-0.15, -0.1) is 0 Å². The van der Waals surface area contributed by atoms with E-state index in [-0.39, 0.29) is 0 Å². The van der Waals surface area contributed by atoms with Gasteiger partial charge in [0, 0.05) is 131 Å². The van der Waals surface area contributed by atoms with Gasteiger partial charge < -0.3 is 0 Å². The van der Waals surface area contributed by atoms with E-state index in [0.717, 1.165) is 39.3 Å². The van der Waals surface area contributed by atoms with Crippen LogP contribution >= 0.6 is 0 Å². The Morgan fingerprint density at radius 2 is 0.319 bits per heavy atom. The third kappa shape index (κ3) is 11.6. The van der Waals surface area contributed by atoms with E-state index in [9.17, 15) is 0 Å². The predicted molar refractivity (Wildman–Crippen MR) is 278 cm³/mol. The van der Waals surface area contributed by atoms with Gasteiger partial charge in [0.15, 0.2) is 114 Å². The van der Waals surface area contributed by atoms with E-state index in [1.807, 2.05) is 49.1 Å². The van der Waals surface area contributed by atoms with Gasteiger partial charge in [-0.25, -0.2) is 27.4 Å². The molecule has 0 atom stereocenters. The number of rotatable bonds is 16. The summed E-state index contributed by atoms with van der Waals surface area (Å²) >= 11 is 0. The van der Waals surface area contributed by atoms with Crippen molar-refractivity contribution in [3.8, 4) is 44.5 Å². The first-order chi connectivity index (χ1) is 35.6. The lowest BCUT2D eigenvalue weighted by atomic mass is 10.1. The second kappa shape index (κ2) is 21.7. The number of aromatic nitrogens is 8. The van der Waals surface area contributed by atoms with Gasteiger partial charge in [-0.3, -0.25) is 9.97 Å². The summed E-state index contributed by atoms with van der Waals surface area (Å²) in [5.41, 5.74) is 17.2. The van der Waals surface area contributed by atoms with Gasteiger partial charge in [-0.2, -0.15) is 0 Å². The Hall–Kier alpha value is -9.14. The Bertz CT molecular complexity index is 3220. The molecule has 8 heterocycles. The van der Waals surface area contributed by atoms with Crippen molar-refractivity contribution in [3.05, 3.63) is 302 Å². The third-order valence-corrected chi connectivity index (χ3v) is 13.3. The Kier molecular flexibility index (Phi) is 13.6. The lowest BCUT2D eigenvalue weighted by molar-refractivity contribution is -0.689. The van der Waals surface area contributed by atoms with Gasteiger partial charge in [0.2, 0.25) is 0 Å². The van der Waals surface area contributed by atoms with Gasteiger partial charge in [0.05, 0.1) is 0 Å². The van der Waals surface area contributed by atoms with Crippen LogP contribution in [0, 0.1) is 0 Å². The molecular weight excluding hydrogens is 881 g/mol. The molecule has 0 N–H and O–H groups in total. The van der Waals surface area contributed by atoms with Crippen molar-refractivity contribution in [3.63, 3.8) is 0 Å². The number of hydrogen-bond donors (Lipinski definition) is 0. The lowest BCUT2D eigenvalue weighted by Crippen LogP contribution is -2.34. The largest absolute Gasteiger partial charge is 0.265 e. The van der Waals surface area contributed by atoms with E-state index in [1.165, 1.54) is 77.9 Å². The highest BCUT2D eigenvalue weighted by atomic mass is 15.0. The molecular formula is C64H56N8+6. The minimum Gasteiger partial charge on any atom is -0.265 e. The quantitative estimate of drug-likeness (QED) is 0.0909. The van der Waals surface area contributed by atoms with Crippen molar-refractivity contribution in [2.24, 2.45) is 0 Å². The molecule has 0 saturated heterocycles. The normalized spacial score (nSPS) is 11.1. The molecule has 0 fully saturated rings. The van der Waals surface area contributed by atoms with E-state index in [1.54, 1.807) is 0 Å². The van der Waals surface area contributed by atoms with Crippen LogP contribution in [0.25, 0.3) is 44.5 Å². The van der Waals surface area contributed by atoms with Crippen molar-refractivity contribution < 1.29 is 27.4 Å². The average molecular weight is 937 g/mol. The number of pyridine rings is 8. The van der Waals surface area contributed by atoms with Crippen molar-refractivity contribution in [2.75, 3.05) is 0 Å². The van der Waals surface area contributed by atoms with Crippen molar-refractivity contribution in [2.45, 2.75) is 39.3 Å². The molecule has 0 aliphatic rings. The van der Waals surface area contributed by atoms with E-state index in [4.69, 9.17) is 0 Å². The molecule has 0 amide bonds. The molecule has 346 valence electrons. The summed E-state index contributed by atoms with van der Waals surface area (Å²) in [4.78, 5) is 8.25. The topological polar surface area (TPSA) is 49.1 Å². The second-order valence-electron chi connectivity index (χ2n) is 18.5. The molecule has 0 radical (unpaired) electrons. The molecule has 11 aromatic rings. The zero-order chi connectivity index (χ0) is 48.3. The maximum atomic E-state index is 4.13. The number of benzene rings is 3. The molecule has 72 heavy (non-hydrogen) atoms.